The number of nitrogens with zero attached hydrogens (tertiary/aromatic N) is 1. The van der Waals surface area contributed by atoms with E-state index in [1.165, 1.54) is 16.9 Å². The van der Waals surface area contributed by atoms with Crippen molar-refractivity contribution in [2.75, 3.05) is 12.3 Å². The maximum absolute atomic E-state index is 13.0. The van der Waals surface area contributed by atoms with Crippen molar-refractivity contribution < 1.29 is 35.2 Å². The molecular formula is C25H37F5N2O3S2. The molecule has 1 heterocycles. The van der Waals surface area contributed by atoms with Crippen molar-refractivity contribution >= 4 is 27.8 Å². The van der Waals surface area contributed by atoms with Crippen LogP contribution >= 0.6 is 11.8 Å². The van der Waals surface area contributed by atoms with Gasteiger partial charge >= 0.3 is 18.1 Å². The molecule has 2 N–H and O–H groups in total. The van der Waals surface area contributed by atoms with Crippen LogP contribution in [0.25, 0.3) is 0 Å². The van der Waals surface area contributed by atoms with E-state index in [9.17, 15) is 35.2 Å². The van der Waals surface area contributed by atoms with E-state index in [2.05, 4.69) is 31.2 Å². The number of urea groups is 1. The summed E-state index contributed by atoms with van der Waals surface area (Å²) in [6.45, 7) is 2.09. The van der Waals surface area contributed by atoms with Crippen molar-refractivity contribution in [1.29, 1.82) is 0 Å². The molecule has 0 bridgehead atoms. The van der Waals surface area contributed by atoms with Crippen LogP contribution in [0.3, 0.4) is 0 Å². The molecule has 37 heavy (non-hydrogen) atoms. The monoisotopic (exact) mass is 572 g/mol. The van der Waals surface area contributed by atoms with E-state index in [4.69, 9.17) is 5.73 Å². The lowest BCUT2D eigenvalue weighted by atomic mass is 9.93. The number of nitrogens with two attached hydrogens (primary N) is 1. The van der Waals surface area contributed by atoms with Crippen molar-refractivity contribution in [3.63, 3.8) is 0 Å². The van der Waals surface area contributed by atoms with Gasteiger partial charge in [-0.2, -0.15) is 22.0 Å². The van der Waals surface area contributed by atoms with Crippen molar-refractivity contribution in [2.45, 2.75) is 99.8 Å². The maximum Gasteiger partial charge on any atom is 0.453 e. The molecule has 1 aliphatic rings. The normalized spacial score (nSPS) is 18.4. The molecule has 1 aliphatic heterocycles. The lowest BCUT2D eigenvalue weighted by Gasteiger charge is -2.30. The highest BCUT2D eigenvalue weighted by molar-refractivity contribution is 8.00. The predicted molar refractivity (Wildman–Crippen MR) is 136 cm³/mol. The van der Waals surface area contributed by atoms with E-state index in [1.807, 2.05) is 11.8 Å². The van der Waals surface area contributed by atoms with E-state index in [0.717, 1.165) is 38.5 Å². The fourth-order valence-electron chi connectivity index (χ4n) is 4.49. The molecule has 1 aromatic rings. The number of carbonyl (C=O) groups excluding carboxylic acids is 1. The number of amides is 2. The highest BCUT2D eigenvalue weighted by atomic mass is 32.2. The SMILES string of the molecule is CC1Cc2ccccc2SC1CCCCCCCCCN(C(N)=O)S(=O)(=O)CCCC(F)(F)C(F)(F)F. The van der Waals surface area contributed by atoms with E-state index in [1.54, 1.807) is 0 Å². The summed E-state index contributed by atoms with van der Waals surface area (Å²) in [5.74, 6) is -5.35. The first-order chi connectivity index (χ1) is 17.2. The van der Waals surface area contributed by atoms with Crippen molar-refractivity contribution in [3.8, 4) is 0 Å². The molecule has 212 valence electrons. The number of benzene rings is 1. The first-order valence-corrected chi connectivity index (χ1v) is 15.2. The Bertz CT molecular complexity index is 973. The second-order valence-electron chi connectivity index (χ2n) is 9.74. The Hall–Kier alpha value is -1.56. The number of rotatable bonds is 15. The van der Waals surface area contributed by atoms with Crippen LogP contribution in [0, 0.1) is 5.92 Å². The number of sulfonamides is 1. The molecule has 0 spiro atoms. The average Bonchev–Trinajstić information content (AvgIpc) is 2.79. The Balaban J connectivity index is 1.61. The van der Waals surface area contributed by atoms with Gasteiger partial charge in [-0.25, -0.2) is 17.5 Å². The standard InChI is InChI=1S/C25H37F5N2O3S2/c1-19-18-20-12-8-9-14-22(20)36-21(19)13-7-5-3-2-4-6-10-16-32(23(31)33)37(34,35)17-11-15-24(26,27)25(28,29)30/h8-9,12,14,19,21H,2-7,10-11,13,15-18H2,1H3,(H2,31,33). The van der Waals surface area contributed by atoms with E-state index < -0.39 is 46.7 Å². The predicted octanol–water partition coefficient (Wildman–Crippen LogP) is 7.15. The summed E-state index contributed by atoms with van der Waals surface area (Å²) < 4.78 is 87.6. The molecule has 2 unspecified atom stereocenters. The molecule has 0 saturated heterocycles. The number of thioether (sulfide) groups is 1. The molecule has 2 atom stereocenters. The fourth-order valence-corrected chi connectivity index (χ4v) is 7.30. The number of alkyl halides is 5. The van der Waals surface area contributed by atoms with Gasteiger partial charge in [-0.15, -0.1) is 11.8 Å². The minimum Gasteiger partial charge on any atom is -0.351 e. The van der Waals surface area contributed by atoms with Crippen LogP contribution in [0.15, 0.2) is 29.2 Å². The molecule has 5 nitrogen and oxygen atoms in total. The number of carbonyl (C=O) groups is 1. The minimum atomic E-state index is -5.75. The summed E-state index contributed by atoms with van der Waals surface area (Å²) >= 11 is 1.98. The van der Waals surface area contributed by atoms with Gasteiger partial charge in [0, 0.05) is 23.1 Å². The third-order valence-electron chi connectivity index (χ3n) is 6.67. The molecular weight excluding hydrogens is 535 g/mol. The van der Waals surface area contributed by atoms with E-state index in [-0.39, 0.29) is 6.54 Å². The van der Waals surface area contributed by atoms with Gasteiger partial charge in [0.05, 0.1) is 5.75 Å². The largest absolute Gasteiger partial charge is 0.453 e. The first-order valence-electron chi connectivity index (χ1n) is 12.7. The van der Waals surface area contributed by atoms with Gasteiger partial charge in [0.1, 0.15) is 0 Å². The van der Waals surface area contributed by atoms with Gasteiger partial charge < -0.3 is 5.73 Å². The molecule has 2 amide bonds. The van der Waals surface area contributed by atoms with E-state index >= 15 is 0 Å². The maximum atomic E-state index is 13.0. The van der Waals surface area contributed by atoms with Crippen LogP contribution in [0.4, 0.5) is 26.7 Å². The number of hydrogen-bond acceptors (Lipinski definition) is 4. The summed E-state index contributed by atoms with van der Waals surface area (Å²) in [6, 6.07) is 7.29. The number of primary amides is 1. The Morgan fingerprint density at radius 2 is 1.59 bits per heavy atom. The summed E-state index contributed by atoms with van der Waals surface area (Å²) in [6.07, 6.45) is 0.0185. The van der Waals surface area contributed by atoms with Crippen molar-refractivity contribution in [1.82, 2.24) is 4.31 Å². The Morgan fingerprint density at radius 1 is 1.00 bits per heavy atom. The highest BCUT2D eigenvalue weighted by Gasteiger charge is 2.56. The van der Waals surface area contributed by atoms with Gasteiger partial charge in [-0.1, -0.05) is 63.6 Å². The number of unbranched alkanes of at least 4 members (excludes halogenated alkanes) is 6. The summed E-state index contributed by atoms with van der Waals surface area (Å²) in [7, 11) is -4.37. The van der Waals surface area contributed by atoms with Crippen molar-refractivity contribution in [2.24, 2.45) is 11.7 Å². The van der Waals surface area contributed by atoms with Gasteiger partial charge in [0.25, 0.3) is 0 Å². The zero-order valence-electron chi connectivity index (χ0n) is 21.1. The molecule has 0 saturated carbocycles. The molecule has 0 aliphatic carbocycles. The Labute approximate surface area is 220 Å². The average molecular weight is 573 g/mol. The third-order valence-corrected chi connectivity index (χ3v) is 10.2. The minimum absolute atomic E-state index is 0.217. The summed E-state index contributed by atoms with van der Waals surface area (Å²) in [4.78, 5) is 13.0. The number of halogens is 5. The van der Waals surface area contributed by atoms with Gasteiger partial charge in [-0.3, -0.25) is 0 Å². The summed E-state index contributed by atoms with van der Waals surface area (Å²) in [5, 5.41) is 0.622. The molecule has 2 rings (SSSR count). The van der Waals surface area contributed by atoms with Gasteiger partial charge in [0.2, 0.25) is 10.0 Å². The molecule has 0 aromatic heterocycles. The number of hydrogen-bond donors (Lipinski definition) is 1. The zero-order chi connectivity index (χ0) is 27.7. The highest BCUT2D eigenvalue weighted by Crippen LogP contribution is 2.41. The van der Waals surface area contributed by atoms with Crippen LogP contribution in [0.1, 0.15) is 76.7 Å². The van der Waals surface area contributed by atoms with Crippen LogP contribution in [-0.4, -0.2) is 48.4 Å². The fraction of sp³-hybridized carbons (Fsp3) is 0.720. The third kappa shape index (κ3) is 9.92. The quantitative estimate of drug-likeness (QED) is 0.179. The second-order valence-corrected chi connectivity index (χ2v) is 13.0. The van der Waals surface area contributed by atoms with Crippen molar-refractivity contribution in [3.05, 3.63) is 29.8 Å². The molecule has 0 radical (unpaired) electrons. The zero-order valence-corrected chi connectivity index (χ0v) is 22.7. The Kier molecular flexibility index (Phi) is 12.0. The molecule has 12 heteroatoms. The van der Waals surface area contributed by atoms with Gasteiger partial charge in [-0.05, 0) is 43.2 Å². The molecule has 1 aromatic carbocycles. The van der Waals surface area contributed by atoms with Gasteiger partial charge in [0.15, 0.2) is 0 Å². The Morgan fingerprint density at radius 3 is 2.22 bits per heavy atom. The molecule has 0 fully saturated rings. The van der Waals surface area contributed by atoms with E-state index in [0.29, 0.717) is 28.3 Å². The van der Waals surface area contributed by atoms with Crippen LogP contribution in [-0.2, 0) is 16.4 Å². The first kappa shape index (κ1) is 31.7. The topological polar surface area (TPSA) is 80.5 Å². The van der Waals surface area contributed by atoms with Crippen LogP contribution in [0.5, 0.6) is 0 Å². The smallest absolute Gasteiger partial charge is 0.351 e. The van der Waals surface area contributed by atoms with Crippen LogP contribution < -0.4 is 5.73 Å². The second kappa shape index (κ2) is 14.0. The lowest BCUT2D eigenvalue weighted by molar-refractivity contribution is -0.284. The lowest BCUT2D eigenvalue weighted by Crippen LogP contribution is -2.43. The summed E-state index contributed by atoms with van der Waals surface area (Å²) in [5.41, 5.74) is 6.55. The van der Waals surface area contributed by atoms with Crippen LogP contribution in [0.2, 0.25) is 0 Å². The number of fused-ring (bicyclic) bond motifs is 1.